The summed E-state index contributed by atoms with van der Waals surface area (Å²) in [5.74, 6) is -0.209. The molecule has 0 aromatic rings. The number of allylic oxidation sites excluding steroid dienone is 7. The summed E-state index contributed by atoms with van der Waals surface area (Å²) >= 11 is 0. The second-order valence-corrected chi connectivity index (χ2v) is 22.7. The molecule has 0 radical (unpaired) electrons. The van der Waals surface area contributed by atoms with Gasteiger partial charge in [-0.05, 0) is 70.6 Å². The number of carbonyl (C=O) groups excluding carboxylic acids is 1. The molecule has 1 amide bonds. The van der Waals surface area contributed by atoms with Crippen molar-refractivity contribution in [2.75, 3.05) is 40.9 Å². The Kier molecular flexibility index (Phi) is 50.2. The van der Waals surface area contributed by atoms with E-state index in [0.29, 0.717) is 17.4 Å². The van der Waals surface area contributed by atoms with Gasteiger partial charge in [0.2, 0.25) is 5.91 Å². The lowest BCUT2D eigenvalue weighted by molar-refractivity contribution is -0.870. The number of hydrogen-bond donors (Lipinski definition) is 2. The fourth-order valence-electron chi connectivity index (χ4n) is 8.59. The van der Waals surface area contributed by atoms with Crippen LogP contribution in [0.25, 0.3) is 0 Å². The third-order valence-corrected chi connectivity index (χ3v) is 14.2. The van der Waals surface area contributed by atoms with Crippen molar-refractivity contribution in [3.8, 4) is 0 Å². The van der Waals surface area contributed by atoms with Gasteiger partial charge in [-0.1, -0.05) is 249 Å². The molecule has 9 heteroatoms. The molecule has 406 valence electrons. The lowest BCUT2D eigenvalue weighted by Crippen LogP contribution is -2.45. The highest BCUT2D eigenvalue weighted by Crippen LogP contribution is 2.38. The number of nitrogens with zero attached hydrogens (tertiary/aromatic N) is 1. The number of hydrogen-bond acceptors (Lipinski definition) is 6. The highest BCUT2D eigenvalue weighted by molar-refractivity contribution is 7.45. The molecule has 0 spiro atoms. The van der Waals surface area contributed by atoms with Crippen molar-refractivity contribution < 1.29 is 32.9 Å². The summed E-state index contributed by atoms with van der Waals surface area (Å²) < 4.78 is 23.3. The van der Waals surface area contributed by atoms with Crippen LogP contribution in [-0.2, 0) is 18.4 Å². The first-order valence-electron chi connectivity index (χ1n) is 29.5. The van der Waals surface area contributed by atoms with Gasteiger partial charge in [-0.3, -0.25) is 9.36 Å². The molecule has 0 aliphatic rings. The Morgan fingerprint density at radius 2 is 0.812 bits per heavy atom. The number of nitrogens with one attached hydrogen (secondary N) is 1. The number of carbonyl (C=O) groups is 1. The van der Waals surface area contributed by atoms with Crippen LogP contribution >= 0.6 is 7.82 Å². The van der Waals surface area contributed by atoms with E-state index >= 15 is 0 Å². The van der Waals surface area contributed by atoms with E-state index in [4.69, 9.17) is 9.05 Å². The van der Waals surface area contributed by atoms with Gasteiger partial charge in [-0.15, -0.1) is 0 Å². The van der Waals surface area contributed by atoms with Crippen molar-refractivity contribution in [3.63, 3.8) is 0 Å². The number of phosphoric ester groups is 1. The summed E-state index contributed by atoms with van der Waals surface area (Å²) in [6, 6.07) is -0.909. The van der Waals surface area contributed by atoms with Crippen molar-refractivity contribution >= 4 is 13.7 Å². The summed E-state index contributed by atoms with van der Waals surface area (Å²) in [6.07, 6.45) is 67.8. The van der Waals surface area contributed by atoms with Crippen LogP contribution in [0.3, 0.4) is 0 Å². The molecular weight excluding hydrogens is 876 g/mol. The molecule has 3 unspecified atom stereocenters. The summed E-state index contributed by atoms with van der Waals surface area (Å²) in [7, 11) is 1.24. The molecule has 0 fully saturated rings. The lowest BCUT2D eigenvalue weighted by Gasteiger charge is -2.29. The molecule has 2 N–H and O–H groups in total. The van der Waals surface area contributed by atoms with Crippen LogP contribution in [0.2, 0.25) is 0 Å². The molecule has 0 rings (SSSR count). The van der Waals surface area contributed by atoms with Gasteiger partial charge in [0.15, 0.2) is 0 Å². The fraction of sp³-hybridized carbons (Fsp3) is 0.850. The van der Waals surface area contributed by atoms with E-state index in [1.54, 1.807) is 6.08 Å². The maximum atomic E-state index is 12.9. The second kappa shape index (κ2) is 51.4. The van der Waals surface area contributed by atoms with Gasteiger partial charge in [-0.25, -0.2) is 0 Å². The first-order chi connectivity index (χ1) is 33.5. The number of likely N-dealkylation sites (N-methyl/N-ethyl adjacent to an activating group) is 1. The van der Waals surface area contributed by atoms with Gasteiger partial charge in [0.05, 0.1) is 39.9 Å². The van der Waals surface area contributed by atoms with Crippen LogP contribution in [0.1, 0.15) is 277 Å². The van der Waals surface area contributed by atoms with E-state index in [9.17, 15) is 19.4 Å². The minimum atomic E-state index is -4.61. The number of unbranched alkanes of at least 4 members (excludes halogenated alkanes) is 35. The molecule has 69 heavy (non-hydrogen) atoms. The average molecular weight is 992 g/mol. The molecule has 0 heterocycles. The number of aliphatic hydroxyl groups excluding tert-OH is 1. The fourth-order valence-corrected chi connectivity index (χ4v) is 9.32. The molecule has 0 aromatic carbocycles. The Morgan fingerprint density at radius 3 is 1.17 bits per heavy atom. The number of amides is 1. The standard InChI is InChI=1S/C60H115N2O6P/c1-6-8-10-12-14-16-18-20-22-23-24-25-26-27-28-29-30-31-32-33-34-35-36-37-38-40-42-44-46-48-50-52-54-60(64)61-58(57-68-69(65,66)67-56-55-62(3,4)5)59(63)53-51-49-47-45-43-41-39-21-19-17-15-13-11-9-7-2/h19,21,27-28,43,45,51,53,58-59,63H,6-18,20,22-26,29-42,44,46-50,52,54-57H2,1-5H3,(H-,61,64,65,66)/b21-19+,28-27-,45-43+,53-51+. The van der Waals surface area contributed by atoms with E-state index < -0.39 is 26.6 Å². The zero-order chi connectivity index (χ0) is 50.6. The topological polar surface area (TPSA) is 108 Å². The van der Waals surface area contributed by atoms with E-state index in [0.717, 1.165) is 44.9 Å². The third kappa shape index (κ3) is 54.1. The Balaban J connectivity index is 4.07. The number of phosphoric acid groups is 1. The van der Waals surface area contributed by atoms with Crippen molar-refractivity contribution in [2.45, 2.75) is 289 Å². The zero-order valence-corrected chi connectivity index (χ0v) is 47.2. The molecule has 0 bridgehead atoms. The highest BCUT2D eigenvalue weighted by Gasteiger charge is 2.23. The van der Waals surface area contributed by atoms with Crippen LogP contribution in [0, 0.1) is 0 Å². The Hall–Kier alpha value is -1.54. The van der Waals surface area contributed by atoms with Crippen LogP contribution in [0.5, 0.6) is 0 Å². The van der Waals surface area contributed by atoms with Crippen LogP contribution in [0.4, 0.5) is 0 Å². The van der Waals surface area contributed by atoms with Crippen molar-refractivity contribution in [2.24, 2.45) is 0 Å². The van der Waals surface area contributed by atoms with Gasteiger partial charge in [0.1, 0.15) is 13.2 Å². The quantitative estimate of drug-likeness (QED) is 0.0272. The SMILES string of the molecule is CCCCCCC/C=C/CC/C=C/CC/C=C/C(O)C(COP(=O)([O-])OCC[N+](C)(C)C)NC(=O)CCCCCCCCCCCCCCCCCC/C=C\CCCCCCCCCCCCCC. The maximum absolute atomic E-state index is 12.9. The van der Waals surface area contributed by atoms with Crippen LogP contribution < -0.4 is 10.2 Å². The molecule has 0 aliphatic heterocycles. The lowest BCUT2D eigenvalue weighted by atomic mass is 10.0. The Morgan fingerprint density at radius 1 is 0.493 bits per heavy atom. The Bertz CT molecular complexity index is 1260. The monoisotopic (exact) mass is 991 g/mol. The van der Waals surface area contributed by atoms with Crippen molar-refractivity contribution in [3.05, 3.63) is 48.6 Å². The van der Waals surface area contributed by atoms with E-state index in [-0.39, 0.29) is 12.5 Å². The van der Waals surface area contributed by atoms with Crippen molar-refractivity contribution in [1.82, 2.24) is 5.32 Å². The maximum Gasteiger partial charge on any atom is 0.268 e. The number of quaternary nitrogens is 1. The largest absolute Gasteiger partial charge is 0.756 e. The molecular formula is C60H115N2O6P. The first-order valence-corrected chi connectivity index (χ1v) is 31.0. The summed E-state index contributed by atoms with van der Waals surface area (Å²) in [6.45, 7) is 4.63. The normalized spacial score (nSPS) is 14.2. The van der Waals surface area contributed by atoms with Crippen LogP contribution in [0.15, 0.2) is 48.6 Å². The molecule has 3 atom stereocenters. The smallest absolute Gasteiger partial charge is 0.268 e. The number of aliphatic hydroxyl groups is 1. The van der Waals surface area contributed by atoms with Gasteiger partial charge >= 0.3 is 0 Å². The Labute approximate surface area is 429 Å². The minimum absolute atomic E-state index is 0.00886. The average Bonchev–Trinajstić information content (AvgIpc) is 3.31. The molecule has 8 nitrogen and oxygen atoms in total. The molecule has 0 aliphatic carbocycles. The van der Waals surface area contributed by atoms with E-state index in [2.05, 4.69) is 55.6 Å². The minimum Gasteiger partial charge on any atom is -0.756 e. The van der Waals surface area contributed by atoms with Gasteiger partial charge in [0, 0.05) is 6.42 Å². The third-order valence-electron chi connectivity index (χ3n) is 13.2. The van der Waals surface area contributed by atoms with Gasteiger partial charge in [-0.2, -0.15) is 0 Å². The molecule has 0 saturated heterocycles. The second-order valence-electron chi connectivity index (χ2n) is 21.3. The van der Waals surface area contributed by atoms with E-state index in [1.165, 1.54) is 212 Å². The molecule has 0 aromatic heterocycles. The predicted octanol–water partition coefficient (Wildman–Crippen LogP) is 17.3. The predicted molar refractivity (Wildman–Crippen MR) is 298 cm³/mol. The van der Waals surface area contributed by atoms with Crippen molar-refractivity contribution in [1.29, 1.82) is 0 Å². The first kappa shape index (κ1) is 67.5. The number of rotatable bonds is 54. The molecule has 0 saturated carbocycles. The zero-order valence-electron chi connectivity index (χ0n) is 46.3. The van der Waals surface area contributed by atoms with Gasteiger partial charge in [0.25, 0.3) is 7.82 Å². The highest BCUT2D eigenvalue weighted by atomic mass is 31.2. The van der Waals surface area contributed by atoms with Crippen LogP contribution in [-0.4, -0.2) is 68.5 Å². The summed E-state index contributed by atoms with van der Waals surface area (Å²) in [5, 5.41) is 13.8. The van der Waals surface area contributed by atoms with E-state index in [1.807, 2.05) is 27.2 Å². The summed E-state index contributed by atoms with van der Waals surface area (Å²) in [5.41, 5.74) is 0. The summed E-state index contributed by atoms with van der Waals surface area (Å²) in [4.78, 5) is 25.5. The van der Waals surface area contributed by atoms with Gasteiger partial charge < -0.3 is 28.8 Å².